The van der Waals surface area contributed by atoms with Crippen molar-refractivity contribution < 1.29 is 0 Å². The Labute approximate surface area is 334 Å². The van der Waals surface area contributed by atoms with Crippen molar-refractivity contribution >= 4 is 22.6 Å². The molecule has 2 heteroatoms. The van der Waals surface area contributed by atoms with Gasteiger partial charge < -0.3 is 9.80 Å². The van der Waals surface area contributed by atoms with Gasteiger partial charge in [-0.05, 0) is 153 Å². The van der Waals surface area contributed by atoms with Gasteiger partial charge in [0, 0.05) is 28.5 Å². The van der Waals surface area contributed by atoms with Crippen molar-refractivity contribution in [3.8, 4) is 22.3 Å². The fourth-order valence-corrected chi connectivity index (χ4v) is 9.17. The molecule has 0 aromatic heterocycles. The van der Waals surface area contributed by atoms with Crippen molar-refractivity contribution in [2.45, 2.75) is 65.8 Å². The highest BCUT2D eigenvalue weighted by atomic mass is 15.2. The molecule has 9 rings (SSSR count). The largest absolute Gasteiger partial charge is 0.332 e. The summed E-state index contributed by atoms with van der Waals surface area (Å²) in [6.45, 7) is 11.4. The molecule has 3 unspecified atom stereocenters. The summed E-state index contributed by atoms with van der Waals surface area (Å²) in [6, 6.07) is 45.2. The van der Waals surface area contributed by atoms with Crippen molar-refractivity contribution in [1.82, 2.24) is 0 Å². The molecule has 1 saturated carbocycles. The predicted octanol–water partition coefficient (Wildman–Crippen LogP) is 14.5. The van der Waals surface area contributed by atoms with Crippen molar-refractivity contribution in [3.05, 3.63) is 203 Å². The summed E-state index contributed by atoms with van der Waals surface area (Å²) in [4.78, 5) is 5.08. The second-order valence-corrected chi connectivity index (χ2v) is 16.7. The topological polar surface area (TPSA) is 6.48 Å². The Morgan fingerprint density at radius 1 is 0.625 bits per heavy atom. The first-order valence-electron chi connectivity index (χ1n) is 20.4. The summed E-state index contributed by atoms with van der Waals surface area (Å²) in [5, 5.41) is 0. The minimum Gasteiger partial charge on any atom is -0.332 e. The van der Waals surface area contributed by atoms with Crippen LogP contribution in [-0.2, 0) is 0 Å². The van der Waals surface area contributed by atoms with E-state index in [2.05, 4.69) is 208 Å². The molecule has 56 heavy (non-hydrogen) atoms. The molecule has 0 amide bonds. The SMILES string of the molecule is CC1=CC=C(N(c2ccc(C)cc2)c2cccc(-c3ccccc3-c3ccccc3C3=CC=CC(C)(N(C4=C5CC5C(C)C=C4)c4ccc(C)cc4)C3)c2)CC1. The molecule has 1 fully saturated rings. The molecule has 5 aromatic carbocycles. The van der Waals surface area contributed by atoms with Gasteiger partial charge in [0.1, 0.15) is 0 Å². The third-order valence-corrected chi connectivity index (χ3v) is 12.4. The van der Waals surface area contributed by atoms with E-state index in [0.29, 0.717) is 11.8 Å². The number of aryl methyl sites for hydroxylation is 2. The van der Waals surface area contributed by atoms with E-state index in [1.54, 1.807) is 5.57 Å². The standard InChI is InChI=1S/C54H52N2/c1-37-19-26-43(27-20-37)55(44-28-21-38(2)22-29-44)46-14-10-12-41(34-46)47-15-6-8-17-49(47)50-18-9-7-16-48(50)42-13-11-33-54(5,36-42)56(45-30-23-39(3)24-31-45)53-32-25-40(4)51-35-52(51)53/h6-21,23-28,30-34,40,51H,22,29,35-36H2,1-5H3. The predicted molar refractivity (Wildman–Crippen MR) is 239 cm³/mol. The van der Waals surface area contributed by atoms with Gasteiger partial charge >= 0.3 is 0 Å². The number of allylic oxidation sites excluding steroid dienone is 9. The fourth-order valence-electron chi connectivity index (χ4n) is 9.17. The molecule has 5 aromatic rings. The van der Waals surface area contributed by atoms with Crippen LogP contribution >= 0.6 is 0 Å². The van der Waals surface area contributed by atoms with Crippen molar-refractivity contribution in [2.24, 2.45) is 11.8 Å². The minimum absolute atomic E-state index is 0.248. The third-order valence-electron chi connectivity index (χ3n) is 12.4. The number of hydrogen-bond donors (Lipinski definition) is 0. The molecule has 0 radical (unpaired) electrons. The summed E-state index contributed by atoms with van der Waals surface area (Å²) in [7, 11) is 0. The van der Waals surface area contributed by atoms with Gasteiger partial charge in [0.15, 0.2) is 0 Å². The van der Waals surface area contributed by atoms with E-state index in [0.717, 1.165) is 19.3 Å². The van der Waals surface area contributed by atoms with Crippen LogP contribution in [0.4, 0.5) is 17.1 Å². The van der Waals surface area contributed by atoms with Gasteiger partial charge in [0.05, 0.1) is 5.54 Å². The lowest BCUT2D eigenvalue weighted by Gasteiger charge is -2.44. The highest BCUT2D eigenvalue weighted by molar-refractivity contribution is 5.92. The van der Waals surface area contributed by atoms with Crippen molar-refractivity contribution in [2.75, 3.05) is 9.80 Å². The second kappa shape index (κ2) is 14.7. The Morgan fingerprint density at radius 2 is 1.29 bits per heavy atom. The summed E-state index contributed by atoms with van der Waals surface area (Å²) in [6.07, 6.45) is 20.7. The molecule has 0 saturated heterocycles. The van der Waals surface area contributed by atoms with Crippen LogP contribution < -0.4 is 9.80 Å². The monoisotopic (exact) mass is 728 g/mol. The lowest BCUT2D eigenvalue weighted by atomic mass is 9.80. The highest BCUT2D eigenvalue weighted by Crippen LogP contribution is 2.53. The molecule has 0 bridgehead atoms. The fraction of sp³-hybridized carbons (Fsp3) is 0.222. The van der Waals surface area contributed by atoms with Crippen molar-refractivity contribution in [3.63, 3.8) is 0 Å². The van der Waals surface area contributed by atoms with Gasteiger partial charge in [-0.25, -0.2) is 0 Å². The minimum atomic E-state index is -0.248. The summed E-state index contributed by atoms with van der Waals surface area (Å²) < 4.78 is 0. The highest BCUT2D eigenvalue weighted by Gasteiger charge is 2.43. The third kappa shape index (κ3) is 6.83. The van der Waals surface area contributed by atoms with Crippen LogP contribution in [0.1, 0.15) is 63.1 Å². The number of hydrogen-bond acceptors (Lipinski definition) is 2. The maximum Gasteiger partial charge on any atom is 0.0648 e. The zero-order valence-corrected chi connectivity index (χ0v) is 33.5. The van der Waals surface area contributed by atoms with Crippen LogP contribution in [0.25, 0.3) is 27.8 Å². The van der Waals surface area contributed by atoms with Gasteiger partial charge in [-0.3, -0.25) is 0 Å². The molecule has 0 N–H and O–H groups in total. The van der Waals surface area contributed by atoms with E-state index in [1.165, 1.54) is 85.0 Å². The molecule has 278 valence electrons. The van der Waals surface area contributed by atoms with Crippen LogP contribution in [0.2, 0.25) is 0 Å². The quantitative estimate of drug-likeness (QED) is 0.149. The van der Waals surface area contributed by atoms with Crippen LogP contribution in [-0.4, -0.2) is 5.54 Å². The Kier molecular flexibility index (Phi) is 9.38. The van der Waals surface area contributed by atoms with E-state index in [9.17, 15) is 0 Å². The number of nitrogens with zero attached hydrogens (tertiary/aromatic N) is 2. The van der Waals surface area contributed by atoms with E-state index < -0.39 is 0 Å². The molecule has 3 atom stereocenters. The van der Waals surface area contributed by atoms with Gasteiger partial charge in [0.2, 0.25) is 0 Å². The van der Waals surface area contributed by atoms with E-state index in [4.69, 9.17) is 0 Å². The lowest BCUT2D eigenvalue weighted by molar-refractivity contribution is 0.557. The lowest BCUT2D eigenvalue weighted by Crippen LogP contribution is -2.45. The van der Waals surface area contributed by atoms with Crippen LogP contribution in [0, 0.1) is 25.7 Å². The molecule has 0 heterocycles. The maximum absolute atomic E-state index is 2.63. The molecule has 0 aliphatic heterocycles. The summed E-state index contributed by atoms with van der Waals surface area (Å²) in [5.74, 6) is 1.29. The van der Waals surface area contributed by atoms with Crippen LogP contribution in [0.5, 0.6) is 0 Å². The van der Waals surface area contributed by atoms with Gasteiger partial charge in [-0.2, -0.15) is 0 Å². The zero-order chi connectivity index (χ0) is 38.4. The Bertz CT molecular complexity index is 2480. The van der Waals surface area contributed by atoms with E-state index in [1.807, 2.05) is 0 Å². The Hall–Kier alpha value is -5.86. The molecule has 2 nitrogen and oxygen atoms in total. The number of anilines is 3. The number of benzene rings is 5. The van der Waals surface area contributed by atoms with Crippen molar-refractivity contribution in [1.29, 1.82) is 0 Å². The second-order valence-electron chi connectivity index (χ2n) is 16.7. The van der Waals surface area contributed by atoms with Crippen LogP contribution in [0.3, 0.4) is 0 Å². The smallest absolute Gasteiger partial charge is 0.0648 e. The molecule has 4 aliphatic rings. The normalized spacial score (nSPS) is 21.2. The van der Waals surface area contributed by atoms with E-state index in [-0.39, 0.29) is 5.54 Å². The first-order chi connectivity index (χ1) is 27.3. The first-order valence-corrected chi connectivity index (χ1v) is 20.4. The first kappa shape index (κ1) is 35.8. The van der Waals surface area contributed by atoms with Gasteiger partial charge in [0.25, 0.3) is 0 Å². The van der Waals surface area contributed by atoms with Gasteiger partial charge in [-0.1, -0.05) is 139 Å². The number of rotatable bonds is 9. The molecular weight excluding hydrogens is 677 g/mol. The maximum atomic E-state index is 2.63. The zero-order valence-electron chi connectivity index (χ0n) is 33.5. The average molecular weight is 729 g/mol. The molecular formula is C54H52N2. The molecule has 4 aliphatic carbocycles. The Morgan fingerprint density at radius 3 is 1.98 bits per heavy atom. The summed E-state index contributed by atoms with van der Waals surface area (Å²) >= 11 is 0. The average Bonchev–Trinajstić information content (AvgIpc) is 4.04. The molecule has 0 spiro atoms. The van der Waals surface area contributed by atoms with Crippen LogP contribution in [0.15, 0.2) is 186 Å². The number of fused-ring (bicyclic) bond motifs is 1. The van der Waals surface area contributed by atoms with E-state index >= 15 is 0 Å². The summed E-state index contributed by atoms with van der Waals surface area (Å²) in [5.41, 5.74) is 19.3. The Balaban J connectivity index is 1.10. The van der Waals surface area contributed by atoms with Gasteiger partial charge in [-0.15, -0.1) is 0 Å².